The van der Waals surface area contributed by atoms with Crippen molar-refractivity contribution >= 4 is 45.2 Å². The van der Waals surface area contributed by atoms with Crippen LogP contribution >= 0.6 is 15.9 Å². The van der Waals surface area contributed by atoms with E-state index in [2.05, 4.69) is 26.6 Å². The molecule has 0 bridgehead atoms. The molecule has 2 aromatic rings. The topological polar surface area (TPSA) is 95.6 Å². The maximum Gasteiger partial charge on any atom is 0.319 e. The molecule has 0 atom stereocenters. The maximum absolute atomic E-state index is 12.4. The molecular weight excluding hydrogens is 426 g/mol. The maximum atomic E-state index is 12.4. The van der Waals surface area contributed by atoms with Gasteiger partial charge in [0.25, 0.3) is 11.8 Å². The second-order valence-corrected chi connectivity index (χ2v) is 7.24. The Balaban J connectivity index is 1.48. The summed E-state index contributed by atoms with van der Waals surface area (Å²) in [5.74, 6) is -0.734. The molecule has 2 N–H and O–H groups in total. The molecule has 3 rings (SSSR count). The van der Waals surface area contributed by atoms with Crippen molar-refractivity contribution in [1.82, 2.24) is 10.2 Å². The molecule has 2 aromatic carbocycles. The van der Waals surface area contributed by atoms with Crippen molar-refractivity contribution in [2.45, 2.75) is 13.3 Å². The van der Waals surface area contributed by atoms with Crippen LogP contribution in [0.25, 0.3) is 0 Å². The summed E-state index contributed by atoms with van der Waals surface area (Å²) in [4.78, 5) is 49.3. The summed E-state index contributed by atoms with van der Waals surface area (Å²) in [6.07, 6.45) is 0.424. The number of fused-ring (bicyclic) bond motifs is 1. The average Bonchev–Trinajstić information content (AvgIpc) is 2.89. The SMILES string of the molecule is CC(=O)c1cccc(NC(=O)NCCCN2C(=O)c3ccc(Br)cc3C2=O)c1. The van der Waals surface area contributed by atoms with E-state index in [4.69, 9.17) is 0 Å². The molecule has 0 radical (unpaired) electrons. The van der Waals surface area contributed by atoms with Crippen LogP contribution in [0.2, 0.25) is 0 Å². The molecule has 1 heterocycles. The lowest BCUT2D eigenvalue weighted by Gasteiger charge is -2.14. The lowest BCUT2D eigenvalue weighted by atomic mass is 10.1. The van der Waals surface area contributed by atoms with E-state index < -0.39 is 6.03 Å². The summed E-state index contributed by atoms with van der Waals surface area (Å²) < 4.78 is 0.737. The van der Waals surface area contributed by atoms with Crippen LogP contribution in [0.5, 0.6) is 0 Å². The Labute approximate surface area is 170 Å². The number of ketones is 1. The lowest BCUT2D eigenvalue weighted by Crippen LogP contribution is -2.35. The molecule has 0 saturated heterocycles. The largest absolute Gasteiger partial charge is 0.338 e. The van der Waals surface area contributed by atoms with E-state index in [9.17, 15) is 19.2 Å². The van der Waals surface area contributed by atoms with Gasteiger partial charge < -0.3 is 10.6 Å². The van der Waals surface area contributed by atoms with E-state index in [1.54, 1.807) is 42.5 Å². The van der Waals surface area contributed by atoms with E-state index in [1.165, 1.54) is 11.8 Å². The third kappa shape index (κ3) is 4.28. The van der Waals surface area contributed by atoms with Crippen molar-refractivity contribution in [3.63, 3.8) is 0 Å². The van der Waals surface area contributed by atoms with Crippen molar-refractivity contribution in [3.8, 4) is 0 Å². The van der Waals surface area contributed by atoms with Gasteiger partial charge in [-0.25, -0.2) is 4.79 Å². The molecule has 0 unspecified atom stereocenters. The first-order chi connectivity index (χ1) is 13.4. The first-order valence-electron chi connectivity index (χ1n) is 8.68. The van der Waals surface area contributed by atoms with Crippen molar-refractivity contribution in [2.75, 3.05) is 18.4 Å². The van der Waals surface area contributed by atoms with E-state index in [0.717, 1.165) is 4.47 Å². The molecule has 7 nitrogen and oxygen atoms in total. The highest BCUT2D eigenvalue weighted by atomic mass is 79.9. The third-order valence-corrected chi connectivity index (χ3v) is 4.80. The molecule has 0 aromatic heterocycles. The van der Waals surface area contributed by atoms with Gasteiger partial charge in [0.2, 0.25) is 0 Å². The summed E-state index contributed by atoms with van der Waals surface area (Å²) in [7, 11) is 0. The highest BCUT2D eigenvalue weighted by Gasteiger charge is 2.34. The predicted molar refractivity (Wildman–Crippen MR) is 108 cm³/mol. The normalized spacial score (nSPS) is 12.7. The van der Waals surface area contributed by atoms with Crippen LogP contribution in [0.1, 0.15) is 44.4 Å². The number of carbonyl (C=O) groups excluding carboxylic acids is 4. The third-order valence-electron chi connectivity index (χ3n) is 4.30. The van der Waals surface area contributed by atoms with E-state index in [1.807, 2.05) is 0 Å². The summed E-state index contributed by atoms with van der Waals surface area (Å²) in [5, 5.41) is 5.32. The quantitative estimate of drug-likeness (QED) is 0.405. The van der Waals surface area contributed by atoms with Gasteiger partial charge in [-0.05, 0) is 43.7 Å². The van der Waals surface area contributed by atoms with Crippen LogP contribution in [-0.2, 0) is 0 Å². The zero-order valence-electron chi connectivity index (χ0n) is 15.1. The molecule has 0 aliphatic carbocycles. The number of nitrogens with one attached hydrogen (secondary N) is 2. The molecule has 0 saturated carbocycles. The number of carbonyl (C=O) groups is 4. The highest BCUT2D eigenvalue weighted by Crippen LogP contribution is 2.26. The lowest BCUT2D eigenvalue weighted by molar-refractivity contribution is 0.0653. The second kappa shape index (κ2) is 8.35. The van der Waals surface area contributed by atoms with Gasteiger partial charge in [-0.3, -0.25) is 19.3 Å². The number of hydrogen-bond donors (Lipinski definition) is 2. The number of rotatable bonds is 6. The summed E-state index contributed by atoms with van der Waals surface area (Å²) in [5.41, 5.74) is 1.80. The zero-order valence-corrected chi connectivity index (χ0v) is 16.7. The smallest absolute Gasteiger partial charge is 0.319 e. The number of anilines is 1. The monoisotopic (exact) mass is 443 g/mol. The number of imide groups is 1. The van der Waals surface area contributed by atoms with Gasteiger partial charge in [-0.1, -0.05) is 28.1 Å². The Hall–Kier alpha value is -3.00. The van der Waals surface area contributed by atoms with Gasteiger partial charge in [-0.2, -0.15) is 0 Å². The number of halogens is 1. The number of hydrogen-bond acceptors (Lipinski definition) is 4. The molecule has 8 heteroatoms. The first kappa shape index (κ1) is 19.8. The minimum atomic E-state index is -0.424. The van der Waals surface area contributed by atoms with E-state index in [0.29, 0.717) is 28.8 Å². The van der Waals surface area contributed by atoms with Gasteiger partial charge in [-0.15, -0.1) is 0 Å². The molecule has 1 aliphatic heterocycles. The summed E-state index contributed by atoms with van der Waals surface area (Å²) in [6, 6.07) is 11.2. The van der Waals surface area contributed by atoms with E-state index in [-0.39, 0.29) is 30.7 Å². The Morgan fingerprint density at radius 3 is 2.54 bits per heavy atom. The predicted octanol–water partition coefficient (Wildman–Crippen LogP) is 3.46. The van der Waals surface area contributed by atoms with Crippen LogP contribution in [0.4, 0.5) is 10.5 Å². The van der Waals surface area contributed by atoms with Crippen LogP contribution in [0.15, 0.2) is 46.9 Å². The Bertz CT molecular complexity index is 974. The number of Topliss-reactive ketones (excluding diaryl/α,β-unsaturated/α-hetero) is 1. The minimum absolute atomic E-state index is 0.0861. The summed E-state index contributed by atoms with van der Waals surface area (Å²) in [6.45, 7) is 1.95. The Morgan fingerprint density at radius 1 is 1.04 bits per heavy atom. The Morgan fingerprint density at radius 2 is 1.79 bits per heavy atom. The highest BCUT2D eigenvalue weighted by molar-refractivity contribution is 9.10. The Kier molecular flexibility index (Phi) is 5.89. The van der Waals surface area contributed by atoms with Crippen molar-refractivity contribution in [1.29, 1.82) is 0 Å². The molecule has 1 aliphatic rings. The van der Waals surface area contributed by atoms with Crippen molar-refractivity contribution in [2.24, 2.45) is 0 Å². The number of nitrogens with zero attached hydrogens (tertiary/aromatic N) is 1. The standard InChI is InChI=1S/C20H18BrN3O4/c1-12(25)13-4-2-5-15(10-13)23-20(28)22-8-3-9-24-18(26)16-7-6-14(21)11-17(16)19(24)27/h2,4-7,10-11H,3,8-9H2,1H3,(H2,22,23,28). The molecule has 28 heavy (non-hydrogen) atoms. The second-order valence-electron chi connectivity index (χ2n) is 6.32. The van der Waals surface area contributed by atoms with Gasteiger partial charge in [0.1, 0.15) is 0 Å². The van der Waals surface area contributed by atoms with Crippen molar-refractivity contribution < 1.29 is 19.2 Å². The fourth-order valence-corrected chi connectivity index (χ4v) is 3.26. The number of amides is 4. The zero-order chi connectivity index (χ0) is 20.3. The molecular formula is C20H18BrN3O4. The average molecular weight is 444 g/mol. The number of benzene rings is 2. The van der Waals surface area contributed by atoms with E-state index >= 15 is 0 Å². The van der Waals surface area contributed by atoms with Crippen LogP contribution in [0.3, 0.4) is 0 Å². The molecule has 0 fully saturated rings. The molecule has 4 amide bonds. The fourth-order valence-electron chi connectivity index (χ4n) is 2.90. The fraction of sp³-hybridized carbons (Fsp3) is 0.200. The summed E-state index contributed by atoms with van der Waals surface area (Å²) >= 11 is 3.30. The van der Waals surface area contributed by atoms with Crippen LogP contribution in [0, 0.1) is 0 Å². The van der Waals surface area contributed by atoms with Gasteiger partial charge >= 0.3 is 6.03 Å². The van der Waals surface area contributed by atoms with Crippen LogP contribution in [-0.4, -0.2) is 41.6 Å². The molecule has 144 valence electrons. The van der Waals surface area contributed by atoms with Gasteiger partial charge in [0, 0.05) is 28.8 Å². The minimum Gasteiger partial charge on any atom is -0.338 e. The van der Waals surface area contributed by atoms with Gasteiger partial charge in [0.05, 0.1) is 11.1 Å². The molecule has 0 spiro atoms. The first-order valence-corrected chi connectivity index (χ1v) is 9.47. The van der Waals surface area contributed by atoms with Gasteiger partial charge in [0.15, 0.2) is 5.78 Å². The van der Waals surface area contributed by atoms with Crippen molar-refractivity contribution in [3.05, 3.63) is 63.6 Å². The number of urea groups is 1. The van der Waals surface area contributed by atoms with Crippen LogP contribution < -0.4 is 10.6 Å².